The van der Waals surface area contributed by atoms with Gasteiger partial charge in [-0.2, -0.15) is 4.98 Å². The summed E-state index contributed by atoms with van der Waals surface area (Å²) in [5.41, 5.74) is 0.695. The molecule has 3 aliphatic rings. The van der Waals surface area contributed by atoms with Crippen molar-refractivity contribution in [2.24, 2.45) is 0 Å². The van der Waals surface area contributed by atoms with Crippen molar-refractivity contribution in [1.29, 1.82) is 0 Å². The number of aromatic nitrogens is 2. The molecule has 154 valence electrons. The summed E-state index contributed by atoms with van der Waals surface area (Å²) in [6.07, 6.45) is 3.93. The summed E-state index contributed by atoms with van der Waals surface area (Å²) in [6.45, 7) is 2.66. The fraction of sp³-hybridized carbons (Fsp3) is 0.550. The van der Waals surface area contributed by atoms with Crippen molar-refractivity contribution in [3.05, 3.63) is 29.9 Å². The van der Waals surface area contributed by atoms with Crippen LogP contribution in [-0.2, 0) is 11.3 Å². The average molecular weight is 400 g/mol. The number of ether oxygens (including phenoxy) is 3. The van der Waals surface area contributed by atoms with Crippen LogP contribution in [0.4, 0.5) is 10.5 Å². The van der Waals surface area contributed by atoms with Gasteiger partial charge in [0, 0.05) is 30.8 Å². The first-order valence-corrected chi connectivity index (χ1v) is 10.1. The van der Waals surface area contributed by atoms with E-state index < -0.39 is 0 Å². The van der Waals surface area contributed by atoms with E-state index >= 15 is 0 Å². The quantitative estimate of drug-likeness (QED) is 0.824. The second-order valence-corrected chi connectivity index (χ2v) is 7.61. The summed E-state index contributed by atoms with van der Waals surface area (Å²) >= 11 is 0. The Morgan fingerprint density at radius 1 is 1.14 bits per heavy atom. The highest BCUT2D eigenvalue weighted by Crippen LogP contribution is 2.38. The molecule has 5 rings (SSSR count). The maximum absolute atomic E-state index is 12.6. The number of urea groups is 1. The Labute approximate surface area is 168 Å². The van der Waals surface area contributed by atoms with Crippen LogP contribution in [0.3, 0.4) is 0 Å². The highest BCUT2D eigenvalue weighted by atomic mass is 16.6. The number of hydrogen-bond acceptors (Lipinski definition) is 7. The number of carbonyl (C=O) groups excluding carboxylic acids is 1. The van der Waals surface area contributed by atoms with Crippen LogP contribution in [-0.4, -0.2) is 53.5 Å². The van der Waals surface area contributed by atoms with Crippen molar-refractivity contribution in [2.75, 3.05) is 31.6 Å². The maximum Gasteiger partial charge on any atom is 0.321 e. The van der Waals surface area contributed by atoms with E-state index in [9.17, 15) is 4.79 Å². The van der Waals surface area contributed by atoms with Crippen molar-refractivity contribution in [3.63, 3.8) is 0 Å². The minimum Gasteiger partial charge on any atom is -0.486 e. The van der Waals surface area contributed by atoms with Crippen LogP contribution >= 0.6 is 0 Å². The van der Waals surface area contributed by atoms with Gasteiger partial charge in [0.05, 0.1) is 6.10 Å². The lowest BCUT2D eigenvalue weighted by Crippen LogP contribution is -2.43. The van der Waals surface area contributed by atoms with Gasteiger partial charge in [0.1, 0.15) is 19.8 Å². The fourth-order valence-electron chi connectivity index (χ4n) is 3.57. The molecule has 1 saturated heterocycles. The first kappa shape index (κ1) is 18.2. The lowest BCUT2D eigenvalue weighted by Gasteiger charge is -2.31. The largest absolute Gasteiger partial charge is 0.486 e. The molecule has 9 nitrogen and oxygen atoms in total. The van der Waals surface area contributed by atoms with Crippen molar-refractivity contribution in [3.8, 4) is 11.5 Å². The van der Waals surface area contributed by atoms with Gasteiger partial charge < -0.3 is 29.0 Å². The molecule has 29 heavy (non-hydrogen) atoms. The third kappa shape index (κ3) is 4.29. The molecule has 0 spiro atoms. The molecule has 9 heteroatoms. The topological polar surface area (TPSA) is 99.0 Å². The third-order valence-corrected chi connectivity index (χ3v) is 5.39. The SMILES string of the molecule is O=C(Nc1ccc2c(c1)OCCO2)N1CCC(OCc2nc(C3CC3)no2)CC1. The number of nitrogens with zero attached hydrogens (tertiary/aromatic N) is 3. The lowest BCUT2D eigenvalue weighted by molar-refractivity contribution is -0.00532. The Balaban J connectivity index is 1.08. The van der Waals surface area contributed by atoms with Gasteiger partial charge in [-0.1, -0.05) is 5.16 Å². The van der Waals surface area contributed by atoms with E-state index in [0.29, 0.717) is 61.9 Å². The molecule has 2 aromatic rings. The number of likely N-dealkylation sites (tertiary alicyclic amines) is 1. The van der Waals surface area contributed by atoms with Crippen molar-refractivity contribution < 1.29 is 23.5 Å². The molecule has 1 aromatic carbocycles. The second kappa shape index (κ2) is 7.90. The summed E-state index contributed by atoms with van der Waals surface area (Å²) in [5.74, 6) is 3.17. The van der Waals surface area contributed by atoms with Gasteiger partial charge in [0.25, 0.3) is 5.89 Å². The molecule has 1 aliphatic carbocycles. The zero-order valence-corrected chi connectivity index (χ0v) is 16.1. The van der Waals surface area contributed by atoms with Gasteiger partial charge in [-0.15, -0.1) is 0 Å². The predicted molar refractivity (Wildman–Crippen MR) is 102 cm³/mol. The van der Waals surface area contributed by atoms with E-state index in [-0.39, 0.29) is 12.1 Å². The van der Waals surface area contributed by atoms with E-state index in [1.165, 1.54) is 0 Å². The van der Waals surface area contributed by atoms with Gasteiger partial charge in [-0.3, -0.25) is 0 Å². The molecule has 3 heterocycles. The molecule has 1 saturated carbocycles. The fourth-order valence-corrected chi connectivity index (χ4v) is 3.57. The van der Waals surface area contributed by atoms with Crippen LogP contribution in [0.1, 0.15) is 43.3 Å². The number of fused-ring (bicyclic) bond motifs is 1. The second-order valence-electron chi connectivity index (χ2n) is 7.61. The lowest BCUT2D eigenvalue weighted by atomic mass is 10.1. The minimum absolute atomic E-state index is 0.0876. The first-order valence-electron chi connectivity index (χ1n) is 10.1. The Hall–Kier alpha value is -2.81. The first-order chi connectivity index (χ1) is 14.2. The summed E-state index contributed by atoms with van der Waals surface area (Å²) in [6, 6.07) is 5.31. The van der Waals surface area contributed by atoms with Crippen LogP contribution in [0, 0.1) is 0 Å². The van der Waals surface area contributed by atoms with Crippen LogP contribution in [0.15, 0.2) is 22.7 Å². The zero-order valence-electron chi connectivity index (χ0n) is 16.1. The molecule has 2 amide bonds. The van der Waals surface area contributed by atoms with Gasteiger partial charge in [-0.05, 0) is 37.8 Å². The molecule has 0 unspecified atom stereocenters. The number of nitrogens with one attached hydrogen (secondary N) is 1. The number of benzene rings is 1. The molecule has 2 fully saturated rings. The Morgan fingerprint density at radius 2 is 1.93 bits per heavy atom. The van der Waals surface area contributed by atoms with Gasteiger partial charge in [-0.25, -0.2) is 4.79 Å². The molecule has 0 atom stereocenters. The van der Waals surface area contributed by atoms with Gasteiger partial charge >= 0.3 is 6.03 Å². The number of hydrogen-bond donors (Lipinski definition) is 1. The molecule has 0 bridgehead atoms. The van der Waals surface area contributed by atoms with E-state index in [1.54, 1.807) is 11.0 Å². The van der Waals surface area contributed by atoms with Gasteiger partial charge in [0.15, 0.2) is 17.3 Å². The number of carbonyl (C=O) groups is 1. The highest BCUT2D eigenvalue weighted by molar-refractivity contribution is 5.89. The number of anilines is 1. The Bertz CT molecular complexity index is 874. The minimum atomic E-state index is -0.119. The van der Waals surface area contributed by atoms with E-state index in [1.807, 2.05) is 12.1 Å². The molecule has 2 aliphatic heterocycles. The summed E-state index contributed by atoms with van der Waals surface area (Å²) < 4.78 is 22.2. The van der Waals surface area contributed by atoms with Crippen molar-refractivity contribution in [2.45, 2.75) is 44.3 Å². The molecular weight excluding hydrogens is 376 g/mol. The standard InChI is InChI=1S/C20H24N4O5/c25-20(21-14-3-4-16-17(11-14)27-10-9-26-16)24-7-5-15(6-8-24)28-12-18-22-19(23-29-18)13-1-2-13/h3-4,11,13,15H,1-2,5-10,12H2,(H,21,25). The summed E-state index contributed by atoms with van der Waals surface area (Å²) in [7, 11) is 0. The smallest absolute Gasteiger partial charge is 0.321 e. The summed E-state index contributed by atoms with van der Waals surface area (Å²) in [5, 5.41) is 6.93. The monoisotopic (exact) mass is 400 g/mol. The number of piperidine rings is 1. The summed E-state index contributed by atoms with van der Waals surface area (Å²) in [4.78, 5) is 18.7. The highest BCUT2D eigenvalue weighted by Gasteiger charge is 2.29. The molecule has 1 N–H and O–H groups in total. The third-order valence-electron chi connectivity index (χ3n) is 5.39. The van der Waals surface area contributed by atoms with Crippen LogP contribution in [0.25, 0.3) is 0 Å². The van der Waals surface area contributed by atoms with Crippen molar-refractivity contribution >= 4 is 11.7 Å². The van der Waals surface area contributed by atoms with E-state index in [4.69, 9.17) is 18.7 Å². The normalized spacial score (nSPS) is 19.2. The van der Waals surface area contributed by atoms with E-state index in [0.717, 1.165) is 31.5 Å². The van der Waals surface area contributed by atoms with Crippen LogP contribution in [0.2, 0.25) is 0 Å². The average Bonchev–Trinajstić information content (AvgIpc) is 3.50. The van der Waals surface area contributed by atoms with Crippen LogP contribution in [0.5, 0.6) is 11.5 Å². The van der Waals surface area contributed by atoms with Crippen LogP contribution < -0.4 is 14.8 Å². The maximum atomic E-state index is 12.6. The van der Waals surface area contributed by atoms with Gasteiger partial charge in [0.2, 0.25) is 0 Å². The predicted octanol–water partition coefficient (Wildman–Crippen LogP) is 2.93. The molecule has 1 aromatic heterocycles. The number of amides is 2. The number of rotatable bonds is 5. The zero-order chi connectivity index (χ0) is 19.6. The molecular formula is C20H24N4O5. The van der Waals surface area contributed by atoms with Crippen molar-refractivity contribution in [1.82, 2.24) is 15.0 Å². The molecule has 0 radical (unpaired) electrons. The van der Waals surface area contributed by atoms with E-state index in [2.05, 4.69) is 15.5 Å². The Morgan fingerprint density at radius 3 is 2.72 bits per heavy atom. The Kier molecular flexibility index (Phi) is 4.97.